The Morgan fingerprint density at radius 1 is 1.22 bits per heavy atom. The summed E-state index contributed by atoms with van der Waals surface area (Å²) in [7, 11) is -2.43. The minimum Gasteiger partial charge on any atom is -0.496 e. The highest BCUT2D eigenvalue weighted by Crippen LogP contribution is 2.38. The predicted octanol–water partition coefficient (Wildman–Crippen LogP) is 4.77. The van der Waals surface area contributed by atoms with Gasteiger partial charge in [-0.15, -0.1) is 11.3 Å². The van der Waals surface area contributed by atoms with Crippen molar-refractivity contribution in [3.63, 3.8) is 0 Å². The van der Waals surface area contributed by atoms with E-state index in [1.165, 1.54) is 23.5 Å². The molecular weight excluding hydrogens is 472 g/mol. The van der Waals surface area contributed by atoms with E-state index < -0.39 is 15.0 Å². The van der Waals surface area contributed by atoms with Crippen LogP contribution >= 0.6 is 22.7 Å². The fraction of sp³-hybridized carbons (Fsp3) is 0.190. The number of hydrogen-bond acceptors (Lipinski definition) is 7. The molecule has 8 nitrogen and oxygen atoms in total. The molecule has 4 aromatic rings. The predicted molar refractivity (Wildman–Crippen MR) is 127 cm³/mol. The molecule has 0 aliphatic carbocycles. The van der Waals surface area contributed by atoms with Gasteiger partial charge in [-0.2, -0.15) is 13.0 Å². The zero-order valence-electron chi connectivity index (χ0n) is 16.9. The standard InChI is InChI=1S/C21H18N2O6S3/c1-29-17-13-18-20(21-16(17)9-11-30-21)22(10-2-12-32(26,27)28)19(31-18)8-5-14-3-6-15(7-4-14)23(24)25/h3-9,11,13H,2,10,12H2,1H3/p+1/b8-5+. The lowest BCUT2D eigenvalue weighted by Crippen LogP contribution is -2.36. The Morgan fingerprint density at radius 3 is 2.62 bits per heavy atom. The Balaban J connectivity index is 1.79. The highest BCUT2D eigenvalue weighted by Gasteiger charge is 2.24. The van der Waals surface area contributed by atoms with Gasteiger partial charge in [-0.3, -0.25) is 14.7 Å². The van der Waals surface area contributed by atoms with Crippen molar-refractivity contribution in [1.82, 2.24) is 0 Å². The third kappa shape index (κ3) is 4.65. The van der Waals surface area contributed by atoms with E-state index in [0.29, 0.717) is 6.54 Å². The van der Waals surface area contributed by atoms with Crippen LogP contribution in [-0.2, 0) is 16.7 Å². The van der Waals surface area contributed by atoms with Gasteiger partial charge in [0.05, 0.1) is 17.8 Å². The molecule has 0 atom stereocenters. The smallest absolute Gasteiger partial charge is 0.269 e. The first kappa shape index (κ1) is 22.3. The van der Waals surface area contributed by atoms with Gasteiger partial charge >= 0.3 is 0 Å². The quantitative estimate of drug-likeness (QED) is 0.165. The molecule has 166 valence electrons. The van der Waals surface area contributed by atoms with Crippen LogP contribution < -0.4 is 9.30 Å². The first-order valence-corrected chi connectivity index (χ1v) is 12.9. The Morgan fingerprint density at radius 2 is 1.97 bits per heavy atom. The lowest BCUT2D eigenvalue weighted by atomic mass is 10.2. The van der Waals surface area contributed by atoms with Crippen LogP contribution in [0.15, 0.2) is 41.8 Å². The number of benzene rings is 2. The van der Waals surface area contributed by atoms with Gasteiger partial charge in [0.15, 0.2) is 6.54 Å². The van der Waals surface area contributed by atoms with Gasteiger partial charge in [0.1, 0.15) is 15.1 Å². The van der Waals surface area contributed by atoms with Crippen LogP contribution in [0.1, 0.15) is 17.0 Å². The van der Waals surface area contributed by atoms with E-state index in [2.05, 4.69) is 0 Å². The molecule has 0 fully saturated rings. The van der Waals surface area contributed by atoms with Crippen molar-refractivity contribution in [3.05, 3.63) is 62.5 Å². The summed E-state index contributed by atoms with van der Waals surface area (Å²) in [5.74, 6) is 0.443. The van der Waals surface area contributed by atoms with Crippen LogP contribution in [0.3, 0.4) is 0 Å². The molecule has 0 aliphatic rings. The van der Waals surface area contributed by atoms with Gasteiger partial charge in [-0.05, 0) is 35.2 Å². The molecule has 2 aromatic carbocycles. The lowest BCUT2D eigenvalue weighted by Gasteiger charge is -2.02. The number of ether oxygens (including phenoxy) is 1. The zero-order chi connectivity index (χ0) is 22.9. The van der Waals surface area contributed by atoms with Gasteiger partial charge in [0, 0.05) is 36.1 Å². The number of aromatic nitrogens is 1. The molecule has 4 rings (SSSR count). The number of hydrogen-bond donors (Lipinski definition) is 1. The fourth-order valence-corrected chi connectivity index (χ4v) is 6.12. The molecule has 0 saturated heterocycles. The van der Waals surface area contributed by atoms with Crippen molar-refractivity contribution in [2.75, 3.05) is 12.9 Å². The number of methoxy groups -OCH3 is 1. The first-order chi connectivity index (χ1) is 15.3. The highest BCUT2D eigenvalue weighted by atomic mass is 32.2. The summed E-state index contributed by atoms with van der Waals surface area (Å²) in [5, 5.41) is 14.7. The summed E-state index contributed by atoms with van der Waals surface area (Å²) >= 11 is 3.12. The molecule has 0 spiro atoms. The van der Waals surface area contributed by atoms with Crippen molar-refractivity contribution < 1.29 is 27.2 Å². The van der Waals surface area contributed by atoms with Crippen molar-refractivity contribution in [3.8, 4) is 5.75 Å². The molecule has 0 unspecified atom stereocenters. The number of thiazole rings is 1. The molecule has 0 radical (unpaired) electrons. The van der Waals surface area contributed by atoms with Gasteiger partial charge < -0.3 is 4.74 Å². The minimum atomic E-state index is -4.05. The molecule has 0 bridgehead atoms. The summed E-state index contributed by atoms with van der Waals surface area (Å²) in [5.41, 5.74) is 1.81. The van der Waals surface area contributed by atoms with Crippen LogP contribution in [0.5, 0.6) is 5.75 Å². The number of thiophene rings is 1. The number of fused-ring (bicyclic) bond motifs is 3. The number of nitro groups is 1. The van der Waals surface area contributed by atoms with E-state index in [-0.39, 0.29) is 17.9 Å². The zero-order valence-corrected chi connectivity index (χ0v) is 19.4. The van der Waals surface area contributed by atoms with Gasteiger partial charge in [-0.25, -0.2) is 0 Å². The molecule has 2 aromatic heterocycles. The fourth-order valence-electron chi connectivity index (χ4n) is 3.47. The number of nitro benzene ring substituents is 1. The van der Waals surface area contributed by atoms with Gasteiger partial charge in [0.25, 0.3) is 20.8 Å². The topological polar surface area (TPSA) is 111 Å². The highest BCUT2D eigenvalue weighted by molar-refractivity contribution is 7.85. The first-order valence-electron chi connectivity index (χ1n) is 9.55. The van der Waals surface area contributed by atoms with Gasteiger partial charge in [0.2, 0.25) is 5.52 Å². The molecule has 0 amide bonds. The van der Waals surface area contributed by atoms with E-state index in [9.17, 15) is 18.5 Å². The summed E-state index contributed by atoms with van der Waals surface area (Å²) in [6.45, 7) is 0.402. The van der Waals surface area contributed by atoms with E-state index in [1.807, 2.05) is 34.2 Å². The number of aryl methyl sites for hydroxylation is 1. The summed E-state index contributed by atoms with van der Waals surface area (Å²) < 4.78 is 41.2. The van der Waals surface area contributed by atoms with Crippen molar-refractivity contribution in [2.24, 2.45) is 0 Å². The minimum absolute atomic E-state index is 0.0245. The normalized spacial score (nSPS) is 12.2. The molecule has 11 heteroatoms. The summed E-state index contributed by atoms with van der Waals surface area (Å²) in [4.78, 5) is 10.4. The summed E-state index contributed by atoms with van der Waals surface area (Å²) in [6.07, 6.45) is 4.02. The van der Waals surface area contributed by atoms with E-state index in [4.69, 9.17) is 9.29 Å². The maximum absolute atomic E-state index is 11.2. The van der Waals surface area contributed by atoms with Crippen LogP contribution in [0.25, 0.3) is 32.5 Å². The Bertz CT molecular complexity index is 1440. The summed E-state index contributed by atoms with van der Waals surface area (Å²) in [6, 6.07) is 10.2. The van der Waals surface area contributed by atoms with E-state index in [1.54, 1.807) is 30.6 Å². The number of non-ortho nitro benzene ring substituents is 1. The second-order valence-electron chi connectivity index (χ2n) is 7.00. The van der Waals surface area contributed by atoms with Crippen LogP contribution in [0.4, 0.5) is 5.69 Å². The maximum Gasteiger partial charge on any atom is 0.269 e. The molecule has 2 heterocycles. The van der Waals surface area contributed by atoms with Crippen molar-refractivity contribution in [2.45, 2.75) is 13.0 Å². The second kappa shape index (κ2) is 8.94. The number of rotatable bonds is 8. The Hall–Kier alpha value is -2.86. The molecule has 0 aliphatic heterocycles. The third-order valence-electron chi connectivity index (χ3n) is 4.92. The van der Waals surface area contributed by atoms with Gasteiger partial charge in [-0.1, -0.05) is 11.3 Å². The Kier molecular flexibility index (Phi) is 6.24. The van der Waals surface area contributed by atoms with Crippen molar-refractivity contribution in [1.29, 1.82) is 0 Å². The largest absolute Gasteiger partial charge is 0.496 e. The van der Waals surface area contributed by atoms with Crippen molar-refractivity contribution >= 4 is 70.9 Å². The average molecular weight is 492 g/mol. The Labute approximate surface area is 191 Å². The molecule has 0 saturated carbocycles. The molecular formula is C21H19N2O6S3+. The van der Waals surface area contributed by atoms with E-state index in [0.717, 1.165) is 36.6 Å². The maximum atomic E-state index is 11.2. The average Bonchev–Trinajstić information content (AvgIpc) is 3.35. The third-order valence-corrected chi connectivity index (χ3v) is 7.74. The lowest BCUT2D eigenvalue weighted by molar-refractivity contribution is -0.667. The van der Waals surface area contributed by atoms with E-state index >= 15 is 0 Å². The second-order valence-corrected chi connectivity index (χ2v) is 10.6. The number of nitrogens with zero attached hydrogens (tertiary/aromatic N) is 2. The molecule has 32 heavy (non-hydrogen) atoms. The SMILES string of the molecule is COc1cc2sc(/C=C/c3ccc([N+](=O)[O-])cc3)[n+](CCCS(=O)(=O)O)c2c2sccc12. The van der Waals surface area contributed by atoms with Crippen LogP contribution in [0, 0.1) is 10.1 Å². The monoisotopic (exact) mass is 491 g/mol. The molecule has 1 N–H and O–H groups in total. The van der Waals surface area contributed by atoms with Crippen LogP contribution in [0.2, 0.25) is 0 Å². The van der Waals surface area contributed by atoms with Crippen LogP contribution in [-0.4, -0.2) is 30.8 Å².